The first-order chi connectivity index (χ1) is 10.1. The van der Waals surface area contributed by atoms with Gasteiger partial charge in [-0.1, -0.05) is 6.07 Å². The molecule has 1 unspecified atom stereocenters. The van der Waals surface area contributed by atoms with Crippen molar-refractivity contribution < 1.29 is 23.7 Å². The molecule has 0 aliphatic carbocycles. The average Bonchev–Trinajstić information content (AvgIpc) is 2.53. The van der Waals surface area contributed by atoms with Crippen molar-refractivity contribution >= 4 is 5.97 Å². The maximum absolute atomic E-state index is 11.7. The average molecular weight is 293 g/mol. The second-order valence-electron chi connectivity index (χ2n) is 4.31. The van der Waals surface area contributed by atoms with Gasteiger partial charge in [0, 0.05) is 14.2 Å². The molecule has 21 heavy (non-hydrogen) atoms. The van der Waals surface area contributed by atoms with E-state index in [-0.39, 0.29) is 0 Å². The third kappa shape index (κ3) is 4.18. The maximum Gasteiger partial charge on any atom is 0.341 e. The van der Waals surface area contributed by atoms with Crippen LogP contribution >= 0.6 is 0 Å². The van der Waals surface area contributed by atoms with Crippen LogP contribution in [0.15, 0.2) is 18.2 Å². The Hall–Kier alpha value is -2.10. The first-order valence-electron chi connectivity index (χ1n) is 6.31. The number of methoxy groups -OCH3 is 4. The Morgan fingerprint density at radius 2 is 1.90 bits per heavy atom. The van der Waals surface area contributed by atoms with Crippen molar-refractivity contribution in [2.24, 2.45) is 5.92 Å². The van der Waals surface area contributed by atoms with E-state index in [4.69, 9.17) is 18.9 Å². The summed E-state index contributed by atoms with van der Waals surface area (Å²) in [5, 5.41) is 9.22. The fraction of sp³-hybridized carbons (Fsp3) is 0.467. The molecule has 0 N–H and O–H groups in total. The summed E-state index contributed by atoms with van der Waals surface area (Å²) in [5.74, 6) is -0.551. The number of carbonyl (C=O) groups is 1. The maximum atomic E-state index is 11.7. The van der Waals surface area contributed by atoms with Gasteiger partial charge in [0.25, 0.3) is 0 Å². The zero-order valence-corrected chi connectivity index (χ0v) is 12.6. The SMILES string of the molecule is COC(=O)c1cc(CC(C#N)C(OC)OC)ccc1OC. The Bertz CT molecular complexity index is 519. The molecule has 0 radical (unpaired) electrons. The van der Waals surface area contributed by atoms with Gasteiger partial charge >= 0.3 is 5.97 Å². The Labute approximate surface area is 124 Å². The van der Waals surface area contributed by atoms with Crippen LogP contribution in [-0.4, -0.2) is 40.7 Å². The Morgan fingerprint density at radius 1 is 1.24 bits per heavy atom. The topological polar surface area (TPSA) is 77.8 Å². The van der Waals surface area contributed by atoms with E-state index in [0.717, 1.165) is 5.56 Å². The molecule has 6 heteroatoms. The van der Waals surface area contributed by atoms with Gasteiger partial charge in [-0.15, -0.1) is 0 Å². The summed E-state index contributed by atoms with van der Waals surface area (Å²) in [6, 6.07) is 7.26. The predicted molar refractivity (Wildman–Crippen MR) is 74.9 cm³/mol. The highest BCUT2D eigenvalue weighted by Crippen LogP contribution is 2.23. The number of ether oxygens (including phenoxy) is 4. The van der Waals surface area contributed by atoms with Crippen LogP contribution < -0.4 is 4.74 Å². The monoisotopic (exact) mass is 293 g/mol. The van der Waals surface area contributed by atoms with Crippen LogP contribution in [-0.2, 0) is 20.6 Å². The fourth-order valence-corrected chi connectivity index (χ4v) is 2.03. The van der Waals surface area contributed by atoms with Gasteiger partial charge in [0.15, 0.2) is 6.29 Å². The number of hydrogen-bond donors (Lipinski definition) is 0. The van der Waals surface area contributed by atoms with Gasteiger partial charge in [0.2, 0.25) is 0 Å². The molecule has 0 amide bonds. The van der Waals surface area contributed by atoms with Crippen LogP contribution in [0.2, 0.25) is 0 Å². The molecule has 1 rings (SSSR count). The second kappa shape index (κ2) is 8.25. The minimum absolute atomic E-state index is 0.320. The van der Waals surface area contributed by atoms with E-state index in [0.29, 0.717) is 17.7 Å². The largest absolute Gasteiger partial charge is 0.496 e. The molecule has 0 aromatic heterocycles. The van der Waals surface area contributed by atoms with E-state index in [9.17, 15) is 10.1 Å². The van der Waals surface area contributed by atoms with Crippen molar-refractivity contribution in [3.63, 3.8) is 0 Å². The summed E-state index contributed by atoms with van der Waals surface area (Å²) >= 11 is 0. The predicted octanol–water partition coefficient (Wildman–Crippen LogP) is 1.78. The summed E-state index contributed by atoms with van der Waals surface area (Å²) in [7, 11) is 5.74. The quantitative estimate of drug-likeness (QED) is 0.563. The van der Waals surface area contributed by atoms with Gasteiger partial charge in [-0.2, -0.15) is 5.26 Å². The number of nitriles is 1. The van der Waals surface area contributed by atoms with Crippen molar-refractivity contribution in [3.05, 3.63) is 29.3 Å². The van der Waals surface area contributed by atoms with Crippen molar-refractivity contribution in [3.8, 4) is 11.8 Å². The summed E-state index contributed by atoms with van der Waals surface area (Å²) < 4.78 is 20.1. The van der Waals surface area contributed by atoms with Gasteiger partial charge in [-0.25, -0.2) is 4.79 Å². The van der Waals surface area contributed by atoms with Gasteiger partial charge in [0.1, 0.15) is 17.2 Å². The molecule has 1 aromatic rings. The van der Waals surface area contributed by atoms with Crippen LogP contribution in [0.3, 0.4) is 0 Å². The smallest absolute Gasteiger partial charge is 0.341 e. The number of esters is 1. The molecule has 0 saturated heterocycles. The van der Waals surface area contributed by atoms with Crippen molar-refractivity contribution in [1.82, 2.24) is 0 Å². The first kappa shape index (κ1) is 17.0. The molecule has 1 aromatic carbocycles. The highest BCUT2D eigenvalue weighted by molar-refractivity contribution is 5.92. The molecule has 1 atom stereocenters. The Balaban J connectivity index is 3.04. The molecule has 0 aliphatic rings. The zero-order chi connectivity index (χ0) is 15.8. The van der Waals surface area contributed by atoms with E-state index in [1.165, 1.54) is 28.4 Å². The van der Waals surface area contributed by atoms with Crippen molar-refractivity contribution in [1.29, 1.82) is 5.26 Å². The molecular weight excluding hydrogens is 274 g/mol. The summed E-state index contributed by atoms with van der Waals surface area (Å²) in [5.41, 5.74) is 1.11. The highest BCUT2D eigenvalue weighted by atomic mass is 16.7. The molecule has 6 nitrogen and oxygen atoms in total. The standard InChI is InChI=1S/C15H19NO5/c1-18-13-6-5-10(8-12(13)14(17)19-2)7-11(9-16)15(20-3)21-4/h5-6,8,11,15H,7H2,1-4H3. The third-order valence-corrected chi connectivity index (χ3v) is 3.08. The lowest BCUT2D eigenvalue weighted by atomic mass is 9.98. The van der Waals surface area contributed by atoms with Crippen LogP contribution in [0.1, 0.15) is 15.9 Å². The lowest BCUT2D eigenvalue weighted by Crippen LogP contribution is -2.25. The molecule has 0 fully saturated rings. The number of carbonyl (C=O) groups excluding carboxylic acids is 1. The fourth-order valence-electron chi connectivity index (χ4n) is 2.03. The summed E-state index contributed by atoms with van der Waals surface area (Å²) in [6.07, 6.45) is -0.240. The number of nitrogens with zero attached hydrogens (tertiary/aromatic N) is 1. The van der Waals surface area contributed by atoms with Gasteiger partial charge < -0.3 is 18.9 Å². The minimum atomic E-state index is -0.626. The van der Waals surface area contributed by atoms with Crippen LogP contribution in [0, 0.1) is 17.2 Å². The summed E-state index contributed by atoms with van der Waals surface area (Å²) in [4.78, 5) is 11.7. The van der Waals surface area contributed by atoms with E-state index < -0.39 is 18.2 Å². The van der Waals surface area contributed by atoms with Gasteiger partial charge in [-0.05, 0) is 24.1 Å². The van der Waals surface area contributed by atoms with E-state index in [2.05, 4.69) is 6.07 Å². The Kier molecular flexibility index (Phi) is 6.66. The van der Waals surface area contributed by atoms with Crippen molar-refractivity contribution in [2.45, 2.75) is 12.7 Å². The highest BCUT2D eigenvalue weighted by Gasteiger charge is 2.22. The van der Waals surface area contributed by atoms with E-state index in [1.54, 1.807) is 18.2 Å². The molecule has 0 saturated carbocycles. The van der Waals surface area contributed by atoms with Crippen LogP contribution in [0.5, 0.6) is 5.75 Å². The molecule has 0 aliphatic heterocycles. The number of hydrogen-bond acceptors (Lipinski definition) is 6. The molecule has 0 heterocycles. The van der Waals surface area contributed by atoms with E-state index in [1.807, 2.05) is 0 Å². The zero-order valence-electron chi connectivity index (χ0n) is 12.6. The Morgan fingerprint density at radius 3 is 2.38 bits per heavy atom. The van der Waals surface area contributed by atoms with Crippen LogP contribution in [0.4, 0.5) is 0 Å². The second-order valence-corrected chi connectivity index (χ2v) is 4.31. The molecule has 0 spiro atoms. The lowest BCUT2D eigenvalue weighted by Gasteiger charge is -2.19. The van der Waals surface area contributed by atoms with Crippen LogP contribution in [0.25, 0.3) is 0 Å². The van der Waals surface area contributed by atoms with Gasteiger partial charge in [-0.3, -0.25) is 0 Å². The third-order valence-electron chi connectivity index (χ3n) is 3.08. The van der Waals surface area contributed by atoms with Crippen molar-refractivity contribution in [2.75, 3.05) is 28.4 Å². The number of rotatable bonds is 7. The molecule has 0 bridgehead atoms. The van der Waals surface area contributed by atoms with Gasteiger partial charge in [0.05, 0.1) is 20.3 Å². The molecule has 114 valence electrons. The lowest BCUT2D eigenvalue weighted by molar-refractivity contribution is -0.124. The number of benzene rings is 1. The normalized spacial score (nSPS) is 11.8. The van der Waals surface area contributed by atoms with E-state index >= 15 is 0 Å². The minimum Gasteiger partial charge on any atom is -0.496 e. The molecular formula is C15H19NO5. The first-order valence-corrected chi connectivity index (χ1v) is 6.31. The summed E-state index contributed by atoms with van der Waals surface area (Å²) in [6.45, 7) is 0.